The average molecular weight is 422 g/mol. The lowest BCUT2D eigenvalue weighted by atomic mass is 9.97. The highest BCUT2D eigenvalue weighted by Crippen LogP contribution is 2.39. The highest BCUT2D eigenvalue weighted by atomic mass is 16.1. The number of pyridine rings is 2. The van der Waals surface area contributed by atoms with Gasteiger partial charge in [0.2, 0.25) is 0 Å². The van der Waals surface area contributed by atoms with Gasteiger partial charge in [-0.05, 0) is 52.6 Å². The first kappa shape index (κ1) is 18.1. The zero-order chi connectivity index (χ0) is 21.9. The fourth-order valence-corrected chi connectivity index (χ4v) is 5.09. The second-order valence-corrected chi connectivity index (χ2v) is 8.45. The molecule has 0 bridgehead atoms. The summed E-state index contributed by atoms with van der Waals surface area (Å²) >= 11 is 0. The van der Waals surface area contributed by atoms with Crippen LogP contribution in [0.15, 0.2) is 114 Å². The van der Waals surface area contributed by atoms with E-state index < -0.39 is 0 Å². The van der Waals surface area contributed by atoms with Crippen LogP contribution in [0.25, 0.3) is 60.2 Å². The molecule has 0 atom stereocenters. The molecule has 0 fully saturated rings. The van der Waals surface area contributed by atoms with Crippen LogP contribution in [0.5, 0.6) is 0 Å². The Kier molecular flexibility index (Phi) is 3.70. The topological polar surface area (TPSA) is 34.4 Å². The molecule has 154 valence electrons. The molecular formula is C30H18N2O. The molecule has 7 aromatic rings. The molecular weight excluding hydrogens is 404 g/mol. The van der Waals surface area contributed by atoms with Crippen molar-refractivity contribution < 1.29 is 0 Å². The predicted molar refractivity (Wildman–Crippen MR) is 136 cm³/mol. The van der Waals surface area contributed by atoms with Crippen LogP contribution < -0.4 is 5.56 Å². The number of hydrogen-bond donors (Lipinski definition) is 0. The van der Waals surface area contributed by atoms with E-state index in [0.29, 0.717) is 5.39 Å². The minimum absolute atomic E-state index is 0.000165. The van der Waals surface area contributed by atoms with Gasteiger partial charge in [0.25, 0.3) is 5.56 Å². The molecule has 3 heteroatoms. The SMILES string of the molecule is O=c1c2ccncc2c2cc(-c3ccccc3)cc3c4cc(-c5ccccc5)ccc4n1c23. The molecule has 3 heterocycles. The summed E-state index contributed by atoms with van der Waals surface area (Å²) in [6.45, 7) is 0. The summed E-state index contributed by atoms with van der Waals surface area (Å²) in [5.41, 5.74) is 6.47. The summed E-state index contributed by atoms with van der Waals surface area (Å²) < 4.78 is 1.88. The van der Waals surface area contributed by atoms with E-state index in [1.54, 1.807) is 6.20 Å². The van der Waals surface area contributed by atoms with Gasteiger partial charge in [0, 0.05) is 33.9 Å². The molecule has 7 rings (SSSR count). The van der Waals surface area contributed by atoms with Crippen LogP contribution in [0.1, 0.15) is 0 Å². The van der Waals surface area contributed by atoms with Crippen molar-refractivity contribution in [3.63, 3.8) is 0 Å². The Labute approximate surface area is 189 Å². The predicted octanol–water partition coefficient (Wildman–Crippen LogP) is 6.93. The first-order valence-electron chi connectivity index (χ1n) is 11.0. The third kappa shape index (κ3) is 2.56. The van der Waals surface area contributed by atoms with Crippen LogP contribution in [-0.4, -0.2) is 9.38 Å². The normalized spacial score (nSPS) is 11.8. The maximum absolute atomic E-state index is 13.6. The van der Waals surface area contributed by atoms with E-state index in [1.165, 1.54) is 0 Å². The Hall–Kier alpha value is -4.50. The number of aromatic nitrogens is 2. The van der Waals surface area contributed by atoms with Crippen molar-refractivity contribution in [1.29, 1.82) is 0 Å². The Morgan fingerprint density at radius 1 is 0.545 bits per heavy atom. The molecule has 0 aliphatic carbocycles. The molecule has 0 amide bonds. The molecule has 0 N–H and O–H groups in total. The molecule has 0 unspecified atom stereocenters. The molecule has 0 aliphatic heterocycles. The van der Waals surface area contributed by atoms with Gasteiger partial charge in [-0.2, -0.15) is 0 Å². The molecule has 0 saturated carbocycles. The summed E-state index contributed by atoms with van der Waals surface area (Å²) in [6, 6.07) is 33.4. The van der Waals surface area contributed by atoms with Crippen LogP contribution in [0.4, 0.5) is 0 Å². The summed E-state index contributed by atoms with van der Waals surface area (Å²) in [5, 5.41) is 4.80. The number of nitrogens with zero attached hydrogens (tertiary/aromatic N) is 2. The Bertz CT molecular complexity index is 1870. The lowest BCUT2D eigenvalue weighted by Gasteiger charge is -2.09. The van der Waals surface area contributed by atoms with Crippen LogP contribution in [0.2, 0.25) is 0 Å². The highest BCUT2D eigenvalue weighted by molar-refractivity contribution is 6.21. The van der Waals surface area contributed by atoms with Gasteiger partial charge in [0.1, 0.15) is 0 Å². The zero-order valence-electron chi connectivity index (χ0n) is 17.7. The zero-order valence-corrected chi connectivity index (χ0v) is 17.7. The van der Waals surface area contributed by atoms with E-state index in [4.69, 9.17) is 0 Å². The first-order valence-corrected chi connectivity index (χ1v) is 11.0. The van der Waals surface area contributed by atoms with Crippen molar-refractivity contribution in [2.75, 3.05) is 0 Å². The highest BCUT2D eigenvalue weighted by Gasteiger charge is 2.19. The molecule has 4 aromatic carbocycles. The van der Waals surface area contributed by atoms with Gasteiger partial charge in [-0.15, -0.1) is 0 Å². The van der Waals surface area contributed by atoms with Crippen molar-refractivity contribution in [3.8, 4) is 22.3 Å². The third-order valence-electron chi connectivity index (χ3n) is 6.62. The molecule has 0 saturated heterocycles. The molecule has 3 nitrogen and oxygen atoms in total. The van der Waals surface area contributed by atoms with Crippen molar-refractivity contribution in [2.45, 2.75) is 0 Å². The second-order valence-electron chi connectivity index (χ2n) is 8.45. The van der Waals surface area contributed by atoms with Gasteiger partial charge in [-0.3, -0.25) is 14.2 Å². The average Bonchev–Trinajstić information content (AvgIpc) is 3.22. The van der Waals surface area contributed by atoms with E-state index in [9.17, 15) is 4.79 Å². The first-order chi connectivity index (χ1) is 16.3. The van der Waals surface area contributed by atoms with Crippen molar-refractivity contribution >= 4 is 38.0 Å². The number of hydrogen-bond acceptors (Lipinski definition) is 2. The molecule has 0 aliphatic rings. The standard InChI is InChI=1S/C30H18N2O/c33-30-23-13-14-31-18-27(23)26-17-22(20-9-5-2-6-10-20)16-25-24-15-21(19-7-3-1-4-8-19)11-12-28(24)32(30)29(25)26/h1-18H. The summed E-state index contributed by atoms with van der Waals surface area (Å²) in [6.07, 6.45) is 3.51. The quantitative estimate of drug-likeness (QED) is 0.283. The van der Waals surface area contributed by atoms with Crippen LogP contribution in [0, 0.1) is 0 Å². The lowest BCUT2D eigenvalue weighted by molar-refractivity contribution is 1.20. The minimum Gasteiger partial charge on any atom is -0.275 e. The Morgan fingerprint density at radius 3 is 1.91 bits per heavy atom. The van der Waals surface area contributed by atoms with Crippen LogP contribution >= 0.6 is 0 Å². The van der Waals surface area contributed by atoms with Crippen LogP contribution in [0.3, 0.4) is 0 Å². The van der Waals surface area contributed by atoms with Gasteiger partial charge in [-0.25, -0.2) is 0 Å². The number of fused-ring (bicyclic) bond motifs is 5. The van der Waals surface area contributed by atoms with Gasteiger partial charge in [-0.1, -0.05) is 66.7 Å². The van der Waals surface area contributed by atoms with Gasteiger partial charge in [0.05, 0.1) is 16.4 Å². The number of benzene rings is 4. The van der Waals surface area contributed by atoms with Crippen molar-refractivity contribution in [1.82, 2.24) is 9.38 Å². The largest absolute Gasteiger partial charge is 0.275 e. The van der Waals surface area contributed by atoms with E-state index in [1.807, 2.05) is 28.8 Å². The third-order valence-corrected chi connectivity index (χ3v) is 6.62. The fraction of sp³-hybridized carbons (Fsp3) is 0. The van der Waals surface area contributed by atoms with E-state index >= 15 is 0 Å². The van der Waals surface area contributed by atoms with Gasteiger partial charge >= 0.3 is 0 Å². The monoisotopic (exact) mass is 422 g/mol. The van der Waals surface area contributed by atoms with E-state index in [2.05, 4.69) is 83.8 Å². The van der Waals surface area contributed by atoms with Gasteiger partial charge < -0.3 is 0 Å². The summed E-state index contributed by atoms with van der Waals surface area (Å²) in [4.78, 5) is 18.0. The second kappa shape index (κ2) is 6.75. The molecule has 0 radical (unpaired) electrons. The lowest BCUT2D eigenvalue weighted by Crippen LogP contribution is -2.13. The number of rotatable bonds is 2. The summed E-state index contributed by atoms with van der Waals surface area (Å²) in [5.74, 6) is 0. The molecule has 0 spiro atoms. The van der Waals surface area contributed by atoms with E-state index in [0.717, 1.165) is 54.8 Å². The van der Waals surface area contributed by atoms with Crippen molar-refractivity contribution in [3.05, 3.63) is 120 Å². The maximum atomic E-state index is 13.6. The molecule has 33 heavy (non-hydrogen) atoms. The summed E-state index contributed by atoms with van der Waals surface area (Å²) in [7, 11) is 0. The van der Waals surface area contributed by atoms with Gasteiger partial charge in [0.15, 0.2) is 0 Å². The van der Waals surface area contributed by atoms with E-state index in [-0.39, 0.29) is 5.56 Å². The molecule has 3 aromatic heterocycles. The minimum atomic E-state index is -0.000165. The van der Waals surface area contributed by atoms with Crippen molar-refractivity contribution in [2.24, 2.45) is 0 Å². The fourth-order valence-electron chi connectivity index (χ4n) is 5.09. The maximum Gasteiger partial charge on any atom is 0.263 e. The van der Waals surface area contributed by atoms with Crippen LogP contribution in [-0.2, 0) is 0 Å². The Balaban J connectivity index is 1.71. The Morgan fingerprint density at radius 2 is 1.18 bits per heavy atom. The smallest absolute Gasteiger partial charge is 0.263 e.